The van der Waals surface area contributed by atoms with E-state index in [1.807, 2.05) is 19.1 Å². The van der Waals surface area contributed by atoms with Crippen LogP contribution in [0.25, 0.3) is 11.3 Å². The summed E-state index contributed by atoms with van der Waals surface area (Å²) in [6, 6.07) is 8.64. The zero-order valence-corrected chi connectivity index (χ0v) is 20.7. The number of hydrogen-bond acceptors (Lipinski definition) is 6. The van der Waals surface area contributed by atoms with Gasteiger partial charge >= 0.3 is 0 Å². The lowest BCUT2D eigenvalue weighted by Gasteiger charge is -2.23. The topological polar surface area (TPSA) is 97.7 Å². The van der Waals surface area contributed by atoms with Crippen molar-refractivity contribution in [1.29, 1.82) is 0 Å². The van der Waals surface area contributed by atoms with E-state index in [9.17, 15) is 14.9 Å². The van der Waals surface area contributed by atoms with Crippen LogP contribution >= 0.6 is 11.3 Å². The van der Waals surface area contributed by atoms with Gasteiger partial charge in [0.1, 0.15) is 16.5 Å². The molecule has 1 aromatic carbocycles. The molecule has 3 aromatic rings. The lowest BCUT2D eigenvalue weighted by Crippen LogP contribution is -2.36. The number of benzene rings is 1. The molecule has 2 aliphatic carbocycles. The van der Waals surface area contributed by atoms with Crippen LogP contribution in [-0.2, 0) is 12.8 Å². The fourth-order valence-electron chi connectivity index (χ4n) is 5.11. The van der Waals surface area contributed by atoms with Crippen molar-refractivity contribution in [2.75, 3.05) is 0 Å². The first-order valence-corrected chi connectivity index (χ1v) is 13.2. The molecular weight excluding hydrogens is 462 g/mol. The second-order valence-corrected chi connectivity index (χ2v) is 10.5. The number of carbonyl (C=O) groups is 1. The molecular formula is C27H29N3O4S. The highest BCUT2D eigenvalue weighted by molar-refractivity contribution is 7.16. The van der Waals surface area contributed by atoms with Gasteiger partial charge in [-0.05, 0) is 74.8 Å². The second kappa shape index (κ2) is 10.2. The average Bonchev–Trinajstić information content (AvgIpc) is 3.47. The van der Waals surface area contributed by atoms with Gasteiger partial charge in [0.15, 0.2) is 0 Å². The number of nitrogens with one attached hydrogen (secondary N) is 1. The van der Waals surface area contributed by atoms with Crippen molar-refractivity contribution < 1.29 is 14.1 Å². The maximum Gasteiger partial charge on any atom is 0.269 e. The molecule has 0 radical (unpaired) electrons. The van der Waals surface area contributed by atoms with E-state index >= 15 is 0 Å². The van der Waals surface area contributed by atoms with Crippen LogP contribution in [0.15, 0.2) is 39.7 Å². The fraction of sp³-hybridized carbons (Fsp3) is 0.407. The molecule has 0 saturated heterocycles. The third kappa shape index (κ3) is 5.07. The van der Waals surface area contributed by atoms with Crippen LogP contribution in [-0.4, -0.2) is 23.1 Å². The summed E-state index contributed by atoms with van der Waals surface area (Å²) in [5.74, 6) is 1.20. The predicted molar refractivity (Wildman–Crippen MR) is 138 cm³/mol. The minimum atomic E-state index is -0.403. The first-order chi connectivity index (χ1) is 17.0. The van der Waals surface area contributed by atoms with Crippen LogP contribution < -0.4 is 5.32 Å². The van der Waals surface area contributed by atoms with Gasteiger partial charge in [0.05, 0.1) is 16.7 Å². The second-order valence-electron chi connectivity index (χ2n) is 9.42. The minimum Gasteiger partial charge on any atom is -0.455 e. The number of aryl methyl sites for hydroxylation is 2. The Morgan fingerprint density at radius 3 is 2.71 bits per heavy atom. The number of amides is 1. The number of thiophene rings is 1. The lowest BCUT2D eigenvalue weighted by atomic mass is 9.93. The minimum absolute atomic E-state index is 0.00471. The zero-order valence-electron chi connectivity index (χ0n) is 19.8. The summed E-state index contributed by atoms with van der Waals surface area (Å²) in [4.78, 5) is 29.9. The molecule has 1 amide bonds. The maximum atomic E-state index is 13.3. The van der Waals surface area contributed by atoms with Gasteiger partial charge in [0, 0.05) is 28.6 Å². The van der Waals surface area contributed by atoms with Crippen molar-refractivity contribution in [2.45, 2.75) is 70.8 Å². The van der Waals surface area contributed by atoms with Crippen LogP contribution in [0.2, 0.25) is 0 Å². The number of nitro benzene ring substituents is 1. The van der Waals surface area contributed by atoms with Crippen LogP contribution in [0, 0.1) is 17.0 Å². The Hall–Kier alpha value is -3.26. The van der Waals surface area contributed by atoms with Crippen LogP contribution in [0.1, 0.15) is 77.1 Å². The van der Waals surface area contributed by atoms with Gasteiger partial charge in [-0.25, -0.2) is 4.99 Å². The van der Waals surface area contributed by atoms with E-state index in [1.54, 1.807) is 29.7 Å². The van der Waals surface area contributed by atoms with E-state index in [2.05, 4.69) is 5.32 Å². The Morgan fingerprint density at radius 2 is 1.94 bits per heavy atom. The summed E-state index contributed by atoms with van der Waals surface area (Å²) >= 11 is 1.62. The summed E-state index contributed by atoms with van der Waals surface area (Å²) < 4.78 is 5.98. The largest absolute Gasteiger partial charge is 0.455 e. The SMILES string of the molecule is Cc1cc([N+](=O)[O-])ccc1-c1ccc(C=Nc2sc3c(c2C(=O)NC2CCCCC2)CCCC3)o1. The van der Waals surface area contributed by atoms with E-state index < -0.39 is 4.92 Å². The molecule has 0 spiro atoms. The van der Waals surface area contributed by atoms with Gasteiger partial charge in [-0.1, -0.05) is 19.3 Å². The summed E-state index contributed by atoms with van der Waals surface area (Å²) in [5.41, 5.74) is 3.53. The van der Waals surface area contributed by atoms with Crippen molar-refractivity contribution >= 4 is 34.1 Å². The van der Waals surface area contributed by atoms with Gasteiger partial charge < -0.3 is 9.73 Å². The van der Waals surface area contributed by atoms with Crippen molar-refractivity contribution in [1.82, 2.24) is 5.32 Å². The van der Waals surface area contributed by atoms with Crippen molar-refractivity contribution in [2.24, 2.45) is 4.99 Å². The van der Waals surface area contributed by atoms with Crippen molar-refractivity contribution in [3.8, 4) is 11.3 Å². The number of nitro groups is 1. The number of furan rings is 1. The van der Waals surface area contributed by atoms with Crippen LogP contribution in [0.5, 0.6) is 0 Å². The lowest BCUT2D eigenvalue weighted by molar-refractivity contribution is -0.384. The molecule has 8 heteroatoms. The van der Waals surface area contributed by atoms with Crippen molar-refractivity contribution in [3.05, 3.63) is 67.8 Å². The van der Waals surface area contributed by atoms with Crippen molar-refractivity contribution in [3.63, 3.8) is 0 Å². The number of non-ortho nitro benzene ring substituents is 1. The fourth-order valence-corrected chi connectivity index (χ4v) is 6.34. The summed E-state index contributed by atoms with van der Waals surface area (Å²) in [6.45, 7) is 1.83. The Labute approximate surface area is 208 Å². The molecule has 7 nitrogen and oxygen atoms in total. The number of rotatable bonds is 6. The molecule has 0 atom stereocenters. The molecule has 1 N–H and O–H groups in total. The third-order valence-electron chi connectivity index (χ3n) is 6.94. The molecule has 0 bridgehead atoms. The third-order valence-corrected chi connectivity index (χ3v) is 8.14. The predicted octanol–water partition coefficient (Wildman–Crippen LogP) is 6.92. The molecule has 0 aliphatic heterocycles. The number of aliphatic imine (C=N–C) groups is 1. The van der Waals surface area contributed by atoms with Gasteiger partial charge in [-0.3, -0.25) is 14.9 Å². The summed E-state index contributed by atoms with van der Waals surface area (Å²) in [5, 5.41) is 15.0. The van der Waals surface area contributed by atoms with Gasteiger partial charge in [0.2, 0.25) is 0 Å². The van der Waals surface area contributed by atoms with Gasteiger partial charge in [0.25, 0.3) is 11.6 Å². The van der Waals surface area contributed by atoms with E-state index in [0.29, 0.717) is 11.5 Å². The molecule has 2 heterocycles. The maximum absolute atomic E-state index is 13.3. The Morgan fingerprint density at radius 1 is 1.14 bits per heavy atom. The summed E-state index contributed by atoms with van der Waals surface area (Å²) in [6.07, 6.45) is 11.5. The number of nitrogens with zero attached hydrogens (tertiary/aromatic N) is 2. The highest BCUT2D eigenvalue weighted by atomic mass is 32.1. The van der Waals surface area contributed by atoms with E-state index in [4.69, 9.17) is 9.41 Å². The average molecular weight is 492 g/mol. The highest BCUT2D eigenvalue weighted by Crippen LogP contribution is 2.40. The number of carbonyl (C=O) groups excluding carboxylic acids is 1. The van der Waals surface area contributed by atoms with Crippen LogP contribution in [0.3, 0.4) is 0 Å². The monoisotopic (exact) mass is 491 g/mol. The molecule has 35 heavy (non-hydrogen) atoms. The molecule has 5 rings (SSSR count). The molecule has 1 fully saturated rings. The van der Waals surface area contributed by atoms with E-state index in [0.717, 1.165) is 60.2 Å². The Kier molecular flexibility index (Phi) is 6.81. The molecule has 2 aliphatic rings. The quantitative estimate of drug-likeness (QED) is 0.230. The Bertz CT molecular complexity index is 1280. The smallest absolute Gasteiger partial charge is 0.269 e. The molecule has 182 valence electrons. The first-order valence-electron chi connectivity index (χ1n) is 12.3. The number of fused-ring (bicyclic) bond motifs is 1. The normalized spacial score (nSPS) is 16.4. The Balaban J connectivity index is 1.39. The summed E-state index contributed by atoms with van der Waals surface area (Å²) in [7, 11) is 0. The van der Waals surface area contributed by atoms with Crippen LogP contribution in [0.4, 0.5) is 10.7 Å². The first kappa shape index (κ1) is 23.5. The van der Waals surface area contributed by atoms with E-state index in [-0.39, 0.29) is 17.6 Å². The highest BCUT2D eigenvalue weighted by Gasteiger charge is 2.27. The van der Waals surface area contributed by atoms with Gasteiger partial charge in [-0.2, -0.15) is 0 Å². The zero-order chi connectivity index (χ0) is 24.4. The standard InChI is InChI=1S/C27H29N3O4S/c1-17-15-19(30(32)33)11-13-21(17)23-14-12-20(34-23)16-28-27-25(22-9-5-6-10-24(22)35-27)26(31)29-18-7-3-2-4-8-18/h11-16,18H,2-10H2,1H3,(H,29,31). The molecule has 2 aromatic heterocycles. The molecule has 0 unspecified atom stereocenters. The van der Waals surface area contributed by atoms with Gasteiger partial charge in [-0.15, -0.1) is 11.3 Å². The number of hydrogen-bond donors (Lipinski definition) is 1. The molecule has 1 saturated carbocycles. The van der Waals surface area contributed by atoms with E-state index in [1.165, 1.54) is 35.8 Å².